The van der Waals surface area contributed by atoms with Crippen molar-refractivity contribution in [3.63, 3.8) is 0 Å². The van der Waals surface area contributed by atoms with E-state index in [-0.39, 0.29) is 5.91 Å². The lowest BCUT2D eigenvalue weighted by atomic mass is 10.1. The van der Waals surface area contributed by atoms with Crippen molar-refractivity contribution in [2.75, 3.05) is 0 Å². The summed E-state index contributed by atoms with van der Waals surface area (Å²) < 4.78 is 0.457. The van der Waals surface area contributed by atoms with E-state index in [9.17, 15) is 10.1 Å². The number of thioether (sulfide) groups is 1. The Labute approximate surface area is 154 Å². The van der Waals surface area contributed by atoms with Crippen LogP contribution in [0.15, 0.2) is 57.2 Å². The van der Waals surface area contributed by atoms with Gasteiger partial charge in [-0.15, -0.1) is 0 Å². The second-order valence-corrected chi connectivity index (χ2v) is 7.97. The molecule has 1 aliphatic heterocycles. The van der Waals surface area contributed by atoms with Crippen molar-refractivity contribution in [2.45, 2.75) is 16.7 Å². The van der Waals surface area contributed by atoms with Crippen molar-refractivity contribution < 1.29 is 4.79 Å². The average Bonchev–Trinajstić information content (AvgIpc) is 2.88. The fraction of sp³-hybridized carbons (Fsp3) is 0.0556. The van der Waals surface area contributed by atoms with E-state index in [0.29, 0.717) is 14.8 Å². The van der Waals surface area contributed by atoms with Gasteiger partial charge in [-0.2, -0.15) is 5.26 Å². The Morgan fingerprint density at radius 1 is 1.25 bits per heavy atom. The summed E-state index contributed by atoms with van der Waals surface area (Å²) in [7, 11) is 0. The van der Waals surface area contributed by atoms with Crippen LogP contribution in [0, 0.1) is 18.3 Å². The van der Waals surface area contributed by atoms with Crippen LogP contribution in [0.3, 0.4) is 0 Å². The lowest BCUT2D eigenvalue weighted by Gasteiger charge is -2.06. The number of rotatable bonds is 3. The average molecular weight is 369 g/mol. The molecule has 0 atom stereocenters. The molecule has 1 saturated heterocycles. The van der Waals surface area contributed by atoms with Gasteiger partial charge in [0.25, 0.3) is 5.91 Å². The Balaban J connectivity index is 1.87. The number of hydrogen-bond donors (Lipinski definition) is 1. The molecule has 1 heterocycles. The van der Waals surface area contributed by atoms with E-state index in [0.717, 1.165) is 15.4 Å². The molecule has 6 heteroatoms. The number of nitrogens with one attached hydrogen (secondary N) is 1. The van der Waals surface area contributed by atoms with Crippen LogP contribution in [0.4, 0.5) is 0 Å². The van der Waals surface area contributed by atoms with Gasteiger partial charge in [0.1, 0.15) is 10.4 Å². The van der Waals surface area contributed by atoms with Gasteiger partial charge in [-0.05, 0) is 42.8 Å². The van der Waals surface area contributed by atoms with Gasteiger partial charge in [0, 0.05) is 9.79 Å². The zero-order valence-corrected chi connectivity index (χ0v) is 15.1. The summed E-state index contributed by atoms with van der Waals surface area (Å²) in [6, 6.07) is 16.0. The third-order valence-electron chi connectivity index (χ3n) is 3.31. The molecule has 0 aliphatic carbocycles. The van der Waals surface area contributed by atoms with Crippen molar-refractivity contribution >= 4 is 52.0 Å². The third kappa shape index (κ3) is 3.88. The molecule has 0 aromatic heterocycles. The summed E-state index contributed by atoms with van der Waals surface area (Å²) >= 11 is 7.76. The van der Waals surface area contributed by atoms with Gasteiger partial charge in [0.2, 0.25) is 0 Å². The smallest absolute Gasteiger partial charge is 0.263 e. The lowest BCUT2D eigenvalue weighted by molar-refractivity contribution is -0.115. The third-order valence-corrected chi connectivity index (χ3v) is 5.56. The molecule has 1 N–H and O–H groups in total. The summed E-state index contributed by atoms with van der Waals surface area (Å²) in [5, 5.41) is 12.0. The van der Waals surface area contributed by atoms with Gasteiger partial charge in [0.05, 0.1) is 10.5 Å². The fourth-order valence-corrected chi connectivity index (χ4v) is 4.04. The molecule has 24 heavy (non-hydrogen) atoms. The number of nitriles is 1. The van der Waals surface area contributed by atoms with Gasteiger partial charge in [-0.1, -0.05) is 59.5 Å². The highest BCUT2D eigenvalue weighted by Crippen LogP contribution is 2.32. The monoisotopic (exact) mass is 368 g/mol. The van der Waals surface area contributed by atoms with Crippen molar-refractivity contribution in [2.24, 2.45) is 0 Å². The van der Waals surface area contributed by atoms with Crippen LogP contribution < -0.4 is 5.32 Å². The Kier molecular flexibility index (Phi) is 5.05. The zero-order chi connectivity index (χ0) is 17.1. The summed E-state index contributed by atoms with van der Waals surface area (Å²) in [4.78, 5) is 14.2. The maximum Gasteiger partial charge on any atom is 0.263 e. The molecule has 0 radical (unpaired) electrons. The van der Waals surface area contributed by atoms with Crippen LogP contribution in [0.25, 0.3) is 6.08 Å². The molecule has 1 amide bonds. The predicted octanol–water partition coefficient (Wildman–Crippen LogP) is 4.51. The highest BCUT2D eigenvalue weighted by molar-refractivity contribution is 8.26. The highest BCUT2D eigenvalue weighted by Gasteiger charge is 2.22. The van der Waals surface area contributed by atoms with Crippen molar-refractivity contribution in [3.8, 4) is 6.07 Å². The first-order chi connectivity index (χ1) is 11.5. The highest BCUT2D eigenvalue weighted by atomic mass is 32.2. The SMILES string of the molecule is Cc1ccc(Sc2ccc(/C=C3\SC(=S)NC3=O)cc2C#N)cc1. The van der Waals surface area contributed by atoms with Crippen molar-refractivity contribution in [3.05, 3.63) is 64.1 Å². The van der Waals surface area contributed by atoms with Crippen LogP contribution in [-0.2, 0) is 4.79 Å². The van der Waals surface area contributed by atoms with E-state index >= 15 is 0 Å². The molecule has 2 aromatic carbocycles. The second kappa shape index (κ2) is 7.22. The Hall–Kier alpha value is -2.07. The molecule has 0 unspecified atom stereocenters. The molecule has 0 spiro atoms. The Morgan fingerprint density at radius 3 is 2.62 bits per heavy atom. The molecule has 1 fully saturated rings. The molecule has 1 aliphatic rings. The second-order valence-electron chi connectivity index (χ2n) is 5.13. The van der Waals surface area contributed by atoms with Crippen LogP contribution in [0.5, 0.6) is 0 Å². The van der Waals surface area contributed by atoms with Crippen LogP contribution in [0.2, 0.25) is 0 Å². The van der Waals surface area contributed by atoms with Gasteiger partial charge < -0.3 is 5.32 Å². The standard InChI is InChI=1S/C18H12N2OS3/c1-11-2-5-14(6-3-11)23-15-7-4-12(8-13(15)10-19)9-16-17(21)20-18(22)24-16/h2-9H,1H3,(H,20,21,22)/b16-9-. The number of amides is 1. The van der Waals surface area contributed by atoms with Crippen LogP contribution in [0.1, 0.15) is 16.7 Å². The number of carbonyl (C=O) groups excluding carboxylic acids is 1. The van der Waals surface area contributed by atoms with Gasteiger partial charge >= 0.3 is 0 Å². The first-order valence-electron chi connectivity index (χ1n) is 7.09. The molecular weight excluding hydrogens is 356 g/mol. The first-order valence-corrected chi connectivity index (χ1v) is 9.13. The van der Waals surface area contributed by atoms with Crippen LogP contribution >= 0.6 is 35.7 Å². The quantitative estimate of drug-likeness (QED) is 0.638. The minimum absolute atomic E-state index is 0.193. The lowest BCUT2D eigenvalue weighted by Crippen LogP contribution is -2.17. The number of benzene rings is 2. The summed E-state index contributed by atoms with van der Waals surface area (Å²) in [6.07, 6.45) is 1.75. The normalized spacial score (nSPS) is 15.4. The van der Waals surface area contributed by atoms with Crippen molar-refractivity contribution in [1.82, 2.24) is 5.32 Å². The Morgan fingerprint density at radius 2 is 2.00 bits per heavy atom. The maximum absolute atomic E-state index is 11.7. The maximum atomic E-state index is 11.7. The van der Waals surface area contributed by atoms with E-state index in [1.807, 2.05) is 43.3 Å². The minimum Gasteiger partial charge on any atom is -0.307 e. The van der Waals surface area contributed by atoms with Crippen molar-refractivity contribution in [1.29, 1.82) is 5.26 Å². The number of carbonyl (C=O) groups is 1. The number of hydrogen-bond acceptors (Lipinski definition) is 5. The number of nitrogens with zero attached hydrogens (tertiary/aromatic N) is 1. The fourth-order valence-electron chi connectivity index (χ4n) is 2.12. The largest absolute Gasteiger partial charge is 0.307 e. The summed E-state index contributed by atoms with van der Waals surface area (Å²) in [6.45, 7) is 2.04. The minimum atomic E-state index is -0.193. The first kappa shape index (κ1) is 16.8. The molecule has 0 bridgehead atoms. The van der Waals surface area contributed by atoms with Gasteiger partial charge in [0.15, 0.2) is 0 Å². The van der Waals surface area contributed by atoms with Crippen LogP contribution in [-0.4, -0.2) is 10.2 Å². The van der Waals surface area contributed by atoms with E-state index in [1.54, 1.807) is 23.9 Å². The number of thiocarbonyl (C=S) groups is 1. The van der Waals surface area contributed by atoms with E-state index in [2.05, 4.69) is 11.4 Å². The predicted molar refractivity (Wildman–Crippen MR) is 103 cm³/mol. The van der Waals surface area contributed by atoms with E-state index in [1.165, 1.54) is 17.3 Å². The molecular formula is C18H12N2OS3. The topological polar surface area (TPSA) is 52.9 Å². The molecule has 3 nitrogen and oxygen atoms in total. The molecule has 3 rings (SSSR count). The molecule has 2 aromatic rings. The summed E-state index contributed by atoms with van der Waals surface area (Å²) in [5.74, 6) is -0.193. The molecule has 118 valence electrons. The zero-order valence-electron chi connectivity index (χ0n) is 12.7. The van der Waals surface area contributed by atoms with E-state index < -0.39 is 0 Å². The molecule has 0 saturated carbocycles. The number of aryl methyl sites for hydroxylation is 1. The van der Waals surface area contributed by atoms with Gasteiger partial charge in [-0.3, -0.25) is 4.79 Å². The Bertz CT molecular complexity index is 895. The van der Waals surface area contributed by atoms with Gasteiger partial charge in [-0.25, -0.2) is 0 Å². The van der Waals surface area contributed by atoms with E-state index in [4.69, 9.17) is 12.2 Å². The summed E-state index contributed by atoms with van der Waals surface area (Å²) in [5.41, 5.74) is 2.59.